The third kappa shape index (κ3) is 4.97. The fraction of sp³-hybridized carbons (Fsp3) is 0.792. The highest BCUT2D eigenvalue weighted by atomic mass is 16.5. The van der Waals surface area contributed by atoms with Gasteiger partial charge in [0.05, 0.1) is 18.9 Å². The Kier molecular flexibility index (Phi) is 6.99. The molecular formula is C24H37N3O4. The molecule has 2 aliphatic heterocycles. The largest absolute Gasteiger partial charge is 0.378 e. The summed E-state index contributed by atoms with van der Waals surface area (Å²) in [6, 6.07) is 0. The Hall–Kier alpha value is -1.89. The fourth-order valence-corrected chi connectivity index (χ4v) is 5.96. The molecule has 3 aliphatic rings. The summed E-state index contributed by atoms with van der Waals surface area (Å²) in [6.45, 7) is 8.22. The molecule has 2 saturated heterocycles. The van der Waals surface area contributed by atoms with E-state index in [0.717, 1.165) is 36.5 Å². The first-order chi connectivity index (χ1) is 15.0. The van der Waals surface area contributed by atoms with E-state index < -0.39 is 0 Å². The summed E-state index contributed by atoms with van der Waals surface area (Å²) in [5.41, 5.74) is 2.16. The second-order valence-corrected chi connectivity index (χ2v) is 9.73. The second kappa shape index (κ2) is 9.72. The number of likely N-dealkylation sites (tertiary alicyclic amines) is 1. The van der Waals surface area contributed by atoms with Crippen LogP contribution in [0.3, 0.4) is 0 Å². The van der Waals surface area contributed by atoms with Crippen LogP contribution in [0.5, 0.6) is 0 Å². The summed E-state index contributed by atoms with van der Waals surface area (Å²) in [7, 11) is 0. The Balaban J connectivity index is 1.36. The van der Waals surface area contributed by atoms with Crippen molar-refractivity contribution in [2.75, 3.05) is 39.4 Å². The normalized spacial score (nSPS) is 23.5. The summed E-state index contributed by atoms with van der Waals surface area (Å²) >= 11 is 0. The minimum atomic E-state index is 0.211. The average molecular weight is 432 g/mol. The van der Waals surface area contributed by atoms with Crippen molar-refractivity contribution in [1.29, 1.82) is 0 Å². The van der Waals surface area contributed by atoms with Crippen LogP contribution in [-0.4, -0.2) is 66.2 Å². The molecule has 0 bridgehead atoms. The first kappa shape index (κ1) is 22.3. The van der Waals surface area contributed by atoms with E-state index in [1.54, 1.807) is 0 Å². The van der Waals surface area contributed by atoms with Crippen molar-refractivity contribution in [3.63, 3.8) is 0 Å². The SMILES string of the molecule is Cc1noc(C)c1CCC(=O)N1CC(CCC(=O)N2CCOCC2)C2(CCCCC2)C1. The Morgan fingerprint density at radius 3 is 2.42 bits per heavy atom. The number of carbonyl (C=O) groups excluding carboxylic acids is 2. The number of hydrogen-bond acceptors (Lipinski definition) is 5. The number of hydrogen-bond donors (Lipinski definition) is 0. The minimum Gasteiger partial charge on any atom is -0.378 e. The van der Waals surface area contributed by atoms with Crippen molar-refractivity contribution >= 4 is 11.8 Å². The van der Waals surface area contributed by atoms with Gasteiger partial charge in [0.25, 0.3) is 0 Å². The van der Waals surface area contributed by atoms with Gasteiger partial charge in [-0.2, -0.15) is 0 Å². The molecule has 3 heterocycles. The van der Waals surface area contributed by atoms with Gasteiger partial charge in [0.1, 0.15) is 5.76 Å². The van der Waals surface area contributed by atoms with Crippen LogP contribution in [0.2, 0.25) is 0 Å². The molecule has 1 unspecified atom stereocenters. The maximum absolute atomic E-state index is 13.1. The number of ether oxygens (including phenoxy) is 1. The average Bonchev–Trinajstić information content (AvgIpc) is 3.30. The summed E-state index contributed by atoms with van der Waals surface area (Å²) in [4.78, 5) is 29.9. The smallest absolute Gasteiger partial charge is 0.222 e. The number of aryl methyl sites for hydroxylation is 2. The van der Waals surface area contributed by atoms with Crippen molar-refractivity contribution in [2.45, 2.75) is 71.6 Å². The van der Waals surface area contributed by atoms with Crippen LogP contribution >= 0.6 is 0 Å². The molecule has 1 aromatic heterocycles. The third-order valence-electron chi connectivity index (χ3n) is 7.86. The van der Waals surface area contributed by atoms with Crippen molar-refractivity contribution in [1.82, 2.24) is 15.0 Å². The van der Waals surface area contributed by atoms with Crippen LogP contribution in [0.1, 0.15) is 68.4 Å². The second-order valence-electron chi connectivity index (χ2n) is 9.73. The van der Waals surface area contributed by atoms with Gasteiger partial charge >= 0.3 is 0 Å². The van der Waals surface area contributed by atoms with Crippen molar-refractivity contribution in [2.24, 2.45) is 11.3 Å². The molecular weight excluding hydrogens is 394 g/mol. The van der Waals surface area contributed by atoms with Gasteiger partial charge in [0, 0.05) is 44.6 Å². The number of rotatable bonds is 6. The summed E-state index contributed by atoms with van der Waals surface area (Å²) in [6.07, 6.45) is 8.83. The highest BCUT2D eigenvalue weighted by Crippen LogP contribution is 2.49. The summed E-state index contributed by atoms with van der Waals surface area (Å²) in [5.74, 6) is 1.72. The number of morpholine rings is 1. The molecule has 1 aromatic rings. The zero-order chi connectivity index (χ0) is 21.8. The van der Waals surface area contributed by atoms with Crippen LogP contribution in [0.25, 0.3) is 0 Å². The lowest BCUT2D eigenvalue weighted by Crippen LogP contribution is -2.41. The zero-order valence-corrected chi connectivity index (χ0v) is 19.2. The molecule has 4 rings (SSSR count). The van der Waals surface area contributed by atoms with Crippen LogP contribution in [0, 0.1) is 25.2 Å². The van der Waals surface area contributed by atoms with E-state index in [1.807, 2.05) is 18.7 Å². The molecule has 1 saturated carbocycles. The molecule has 31 heavy (non-hydrogen) atoms. The van der Waals surface area contributed by atoms with E-state index in [-0.39, 0.29) is 17.2 Å². The lowest BCUT2D eigenvalue weighted by molar-refractivity contribution is -0.135. The van der Waals surface area contributed by atoms with Gasteiger partial charge in [-0.1, -0.05) is 24.4 Å². The molecule has 1 spiro atoms. The Labute approximate surface area is 185 Å². The van der Waals surface area contributed by atoms with E-state index in [9.17, 15) is 9.59 Å². The maximum atomic E-state index is 13.1. The minimum absolute atomic E-state index is 0.211. The quantitative estimate of drug-likeness (QED) is 0.691. The molecule has 0 radical (unpaired) electrons. The van der Waals surface area contributed by atoms with E-state index in [1.165, 1.54) is 32.1 Å². The Bertz CT molecular complexity index is 758. The van der Waals surface area contributed by atoms with Gasteiger partial charge in [0.15, 0.2) is 0 Å². The molecule has 172 valence electrons. The predicted molar refractivity (Wildman–Crippen MR) is 117 cm³/mol. The lowest BCUT2D eigenvalue weighted by atomic mass is 9.66. The zero-order valence-electron chi connectivity index (χ0n) is 19.2. The van der Waals surface area contributed by atoms with E-state index in [4.69, 9.17) is 9.26 Å². The van der Waals surface area contributed by atoms with Crippen LogP contribution in [0.4, 0.5) is 0 Å². The van der Waals surface area contributed by atoms with Gasteiger partial charge in [-0.25, -0.2) is 0 Å². The topological polar surface area (TPSA) is 75.9 Å². The molecule has 3 fully saturated rings. The van der Waals surface area contributed by atoms with Crippen LogP contribution in [-0.2, 0) is 20.7 Å². The molecule has 2 amide bonds. The van der Waals surface area contributed by atoms with E-state index in [0.29, 0.717) is 51.5 Å². The summed E-state index contributed by atoms with van der Waals surface area (Å²) < 4.78 is 10.6. The Morgan fingerprint density at radius 2 is 1.74 bits per heavy atom. The van der Waals surface area contributed by atoms with E-state index in [2.05, 4.69) is 10.1 Å². The third-order valence-corrected chi connectivity index (χ3v) is 7.86. The number of aromatic nitrogens is 1. The molecule has 1 atom stereocenters. The monoisotopic (exact) mass is 431 g/mol. The first-order valence-electron chi connectivity index (χ1n) is 12.0. The highest BCUT2D eigenvalue weighted by molar-refractivity contribution is 5.77. The van der Waals surface area contributed by atoms with Gasteiger partial charge < -0.3 is 19.1 Å². The van der Waals surface area contributed by atoms with Crippen molar-refractivity contribution in [3.8, 4) is 0 Å². The van der Waals surface area contributed by atoms with Crippen molar-refractivity contribution < 1.29 is 18.8 Å². The van der Waals surface area contributed by atoms with Crippen LogP contribution in [0.15, 0.2) is 4.52 Å². The lowest BCUT2D eigenvalue weighted by Gasteiger charge is -2.38. The molecule has 1 aliphatic carbocycles. The van der Waals surface area contributed by atoms with E-state index >= 15 is 0 Å². The maximum Gasteiger partial charge on any atom is 0.222 e. The molecule has 7 heteroatoms. The van der Waals surface area contributed by atoms with Gasteiger partial charge in [-0.05, 0) is 50.9 Å². The fourth-order valence-electron chi connectivity index (χ4n) is 5.96. The highest BCUT2D eigenvalue weighted by Gasteiger charge is 2.47. The molecule has 0 N–H and O–H groups in total. The standard InChI is InChI=1S/C24H37N3O4/c1-18-21(19(2)31-25-18)7-9-23(29)27-16-20(24(17-27)10-4-3-5-11-24)6-8-22(28)26-12-14-30-15-13-26/h20H,3-17H2,1-2H3. The van der Waals surface area contributed by atoms with Gasteiger partial charge in [-0.3, -0.25) is 9.59 Å². The van der Waals surface area contributed by atoms with Crippen molar-refractivity contribution in [3.05, 3.63) is 17.0 Å². The number of nitrogens with zero attached hydrogens (tertiary/aromatic N) is 3. The molecule has 0 aromatic carbocycles. The number of carbonyl (C=O) groups is 2. The van der Waals surface area contributed by atoms with Gasteiger partial charge in [-0.15, -0.1) is 0 Å². The van der Waals surface area contributed by atoms with Gasteiger partial charge in [0.2, 0.25) is 11.8 Å². The predicted octanol–water partition coefficient (Wildman–Crippen LogP) is 3.27. The summed E-state index contributed by atoms with van der Waals surface area (Å²) in [5, 5.41) is 4.01. The number of amides is 2. The first-order valence-corrected chi connectivity index (χ1v) is 12.0. The van der Waals surface area contributed by atoms with Crippen LogP contribution < -0.4 is 0 Å². The molecule has 7 nitrogen and oxygen atoms in total. The Morgan fingerprint density at radius 1 is 1.03 bits per heavy atom.